The van der Waals surface area contributed by atoms with E-state index in [1.54, 1.807) is 32.0 Å². The van der Waals surface area contributed by atoms with E-state index < -0.39 is 34.5 Å². The van der Waals surface area contributed by atoms with Crippen LogP contribution in [-0.4, -0.2) is 62.3 Å². The number of nitrogens with one attached hydrogen (secondary N) is 2. The molecule has 1 saturated heterocycles. The highest BCUT2D eigenvalue weighted by Gasteiger charge is 2.38. The molecule has 160 valence electrons. The van der Waals surface area contributed by atoms with Crippen LogP contribution in [0.2, 0.25) is 0 Å². The smallest absolute Gasteiger partial charge is 0.324 e. The van der Waals surface area contributed by atoms with E-state index in [0.717, 1.165) is 4.31 Å². The fourth-order valence-corrected chi connectivity index (χ4v) is 4.66. The number of hydrogen-bond donors (Lipinski definition) is 2. The molecule has 1 aromatic carbocycles. The molecule has 10 heteroatoms. The molecule has 9 nitrogen and oxygen atoms in total. The Bertz CT molecular complexity index is 826. The van der Waals surface area contributed by atoms with E-state index in [0.29, 0.717) is 19.3 Å². The van der Waals surface area contributed by atoms with Gasteiger partial charge in [0, 0.05) is 12.6 Å². The first-order chi connectivity index (χ1) is 13.7. The van der Waals surface area contributed by atoms with E-state index in [1.807, 2.05) is 0 Å². The van der Waals surface area contributed by atoms with Gasteiger partial charge >= 0.3 is 5.97 Å². The quantitative estimate of drug-likeness (QED) is 0.582. The summed E-state index contributed by atoms with van der Waals surface area (Å²) in [6.07, 6.45) is 1.65. The van der Waals surface area contributed by atoms with Gasteiger partial charge in [-0.3, -0.25) is 14.4 Å². The topological polar surface area (TPSA) is 122 Å². The van der Waals surface area contributed by atoms with E-state index >= 15 is 0 Å². The van der Waals surface area contributed by atoms with E-state index in [-0.39, 0.29) is 29.9 Å². The second-order valence-corrected chi connectivity index (χ2v) is 8.94. The summed E-state index contributed by atoms with van der Waals surface area (Å²) in [5, 5.41) is 4.97. The molecule has 1 fully saturated rings. The van der Waals surface area contributed by atoms with Gasteiger partial charge in [-0.05, 0) is 45.2 Å². The number of rotatable bonds is 8. The summed E-state index contributed by atoms with van der Waals surface area (Å²) >= 11 is 0. The number of sulfonamides is 1. The lowest BCUT2D eigenvalue weighted by Gasteiger charge is -2.32. The van der Waals surface area contributed by atoms with E-state index in [2.05, 4.69) is 10.6 Å². The molecule has 0 saturated carbocycles. The fraction of sp³-hybridized carbons (Fsp3) is 0.526. The SMILES string of the molecule is CC(C)NC(=O)CNC(=O)COC(=O)[C@H]1CCCCN1S(=O)(=O)c1ccccc1. The fourth-order valence-electron chi connectivity index (χ4n) is 2.99. The molecule has 0 radical (unpaired) electrons. The third kappa shape index (κ3) is 6.53. The van der Waals surface area contributed by atoms with Crippen molar-refractivity contribution in [3.63, 3.8) is 0 Å². The summed E-state index contributed by atoms with van der Waals surface area (Å²) in [7, 11) is -3.85. The van der Waals surface area contributed by atoms with Crippen molar-refractivity contribution in [1.29, 1.82) is 0 Å². The maximum atomic E-state index is 12.9. The molecule has 0 spiro atoms. The highest BCUT2D eigenvalue weighted by atomic mass is 32.2. The van der Waals surface area contributed by atoms with Crippen LogP contribution in [0.4, 0.5) is 0 Å². The van der Waals surface area contributed by atoms with Crippen LogP contribution in [-0.2, 0) is 29.1 Å². The van der Waals surface area contributed by atoms with Crippen molar-refractivity contribution in [3.05, 3.63) is 30.3 Å². The molecule has 0 bridgehead atoms. The largest absolute Gasteiger partial charge is 0.454 e. The van der Waals surface area contributed by atoms with Crippen molar-refractivity contribution in [2.24, 2.45) is 0 Å². The van der Waals surface area contributed by atoms with Gasteiger partial charge in [0.25, 0.3) is 5.91 Å². The zero-order valence-electron chi connectivity index (χ0n) is 16.6. The minimum atomic E-state index is -3.85. The molecule has 0 aliphatic carbocycles. The number of carbonyl (C=O) groups is 3. The second-order valence-electron chi connectivity index (χ2n) is 7.05. The molecular formula is C19H27N3O6S. The van der Waals surface area contributed by atoms with Crippen molar-refractivity contribution in [2.45, 2.75) is 50.1 Å². The Kier molecular flexibility index (Phi) is 8.15. The van der Waals surface area contributed by atoms with Crippen LogP contribution < -0.4 is 10.6 Å². The van der Waals surface area contributed by atoms with Crippen LogP contribution in [0.5, 0.6) is 0 Å². The standard InChI is InChI=1S/C19H27N3O6S/c1-14(2)21-17(23)12-20-18(24)13-28-19(25)16-10-6-7-11-22(16)29(26,27)15-8-4-3-5-9-15/h3-5,8-9,14,16H,6-7,10-13H2,1-2H3,(H,20,24)(H,21,23)/t16-/m1/s1. The molecule has 1 heterocycles. The molecule has 2 N–H and O–H groups in total. The van der Waals surface area contributed by atoms with Gasteiger partial charge in [0.05, 0.1) is 11.4 Å². The maximum absolute atomic E-state index is 12.9. The molecule has 1 atom stereocenters. The predicted octanol–water partition coefficient (Wildman–Crippen LogP) is 0.414. The highest BCUT2D eigenvalue weighted by Crippen LogP contribution is 2.26. The first-order valence-corrected chi connectivity index (χ1v) is 11.0. The number of carbonyl (C=O) groups excluding carboxylic acids is 3. The van der Waals surface area contributed by atoms with E-state index in [4.69, 9.17) is 4.74 Å². The minimum Gasteiger partial charge on any atom is -0.454 e. The molecule has 1 aliphatic rings. The predicted molar refractivity (Wildman–Crippen MR) is 105 cm³/mol. The lowest BCUT2D eigenvalue weighted by Crippen LogP contribution is -2.49. The lowest BCUT2D eigenvalue weighted by atomic mass is 10.1. The van der Waals surface area contributed by atoms with Crippen LogP contribution in [0.25, 0.3) is 0 Å². The molecular weight excluding hydrogens is 398 g/mol. The van der Waals surface area contributed by atoms with Crippen LogP contribution in [0.15, 0.2) is 35.2 Å². The van der Waals surface area contributed by atoms with E-state index in [9.17, 15) is 22.8 Å². The Balaban J connectivity index is 1.94. The minimum absolute atomic E-state index is 0.0546. The first-order valence-electron chi connectivity index (χ1n) is 9.51. The highest BCUT2D eigenvalue weighted by molar-refractivity contribution is 7.89. The summed E-state index contributed by atoms with van der Waals surface area (Å²) in [5.41, 5.74) is 0. The van der Waals surface area contributed by atoms with Gasteiger partial charge in [-0.15, -0.1) is 0 Å². The molecule has 0 unspecified atom stereocenters. The van der Waals surface area contributed by atoms with Gasteiger partial charge in [-0.2, -0.15) is 4.31 Å². The van der Waals surface area contributed by atoms with Gasteiger partial charge in [-0.25, -0.2) is 8.42 Å². The number of piperidine rings is 1. The van der Waals surface area contributed by atoms with Crippen LogP contribution in [0.1, 0.15) is 33.1 Å². The zero-order chi connectivity index (χ0) is 21.4. The average molecular weight is 426 g/mol. The maximum Gasteiger partial charge on any atom is 0.324 e. The van der Waals surface area contributed by atoms with Crippen molar-refractivity contribution >= 4 is 27.8 Å². The molecule has 1 aliphatic heterocycles. The van der Waals surface area contributed by atoms with Crippen molar-refractivity contribution in [1.82, 2.24) is 14.9 Å². The van der Waals surface area contributed by atoms with Crippen molar-refractivity contribution in [3.8, 4) is 0 Å². The summed E-state index contributed by atoms with van der Waals surface area (Å²) in [6.45, 7) is 2.98. The number of nitrogens with zero attached hydrogens (tertiary/aromatic N) is 1. The van der Waals surface area contributed by atoms with Gasteiger partial charge in [0.1, 0.15) is 6.04 Å². The van der Waals surface area contributed by atoms with Gasteiger partial charge in [0.2, 0.25) is 15.9 Å². The molecule has 2 rings (SSSR count). The lowest BCUT2D eigenvalue weighted by molar-refractivity contribution is -0.153. The first kappa shape index (κ1) is 22.8. The monoisotopic (exact) mass is 425 g/mol. The molecule has 0 aromatic heterocycles. The van der Waals surface area contributed by atoms with Crippen LogP contribution in [0.3, 0.4) is 0 Å². The summed E-state index contributed by atoms with van der Waals surface area (Å²) in [6, 6.07) is 6.85. The average Bonchev–Trinajstić information content (AvgIpc) is 2.70. The molecule has 1 aromatic rings. The van der Waals surface area contributed by atoms with Crippen molar-refractivity contribution < 1.29 is 27.5 Å². The Morgan fingerprint density at radius 1 is 1.14 bits per heavy atom. The van der Waals surface area contributed by atoms with Gasteiger partial charge in [0.15, 0.2) is 6.61 Å². The Labute approximate surface area is 170 Å². The Hall–Kier alpha value is -2.46. The van der Waals surface area contributed by atoms with E-state index in [1.165, 1.54) is 12.1 Å². The number of esters is 1. The molecule has 29 heavy (non-hydrogen) atoms. The summed E-state index contributed by atoms with van der Waals surface area (Å²) < 4.78 is 32.0. The number of hydrogen-bond acceptors (Lipinski definition) is 6. The van der Waals surface area contributed by atoms with Gasteiger partial charge in [-0.1, -0.05) is 18.2 Å². The van der Waals surface area contributed by atoms with Crippen LogP contribution in [0, 0.1) is 0 Å². The van der Waals surface area contributed by atoms with Crippen LogP contribution >= 0.6 is 0 Å². The third-order valence-electron chi connectivity index (χ3n) is 4.32. The molecule has 2 amide bonds. The number of ether oxygens (including phenoxy) is 1. The normalized spacial score (nSPS) is 17.6. The summed E-state index contributed by atoms with van der Waals surface area (Å²) in [5.74, 6) is -1.76. The number of benzene rings is 1. The zero-order valence-corrected chi connectivity index (χ0v) is 17.4. The van der Waals surface area contributed by atoms with Gasteiger partial charge < -0.3 is 15.4 Å². The Morgan fingerprint density at radius 2 is 1.83 bits per heavy atom. The second kappa shape index (κ2) is 10.4. The Morgan fingerprint density at radius 3 is 2.48 bits per heavy atom. The third-order valence-corrected chi connectivity index (χ3v) is 6.24. The number of amides is 2. The van der Waals surface area contributed by atoms with Crippen molar-refractivity contribution in [2.75, 3.05) is 19.7 Å². The summed E-state index contributed by atoms with van der Waals surface area (Å²) in [4.78, 5) is 35.9.